The number of halogens is 2. The molecule has 0 aliphatic rings. The van der Waals surface area contributed by atoms with E-state index in [9.17, 15) is 0 Å². The van der Waals surface area contributed by atoms with Crippen molar-refractivity contribution >= 4 is 63.2 Å². The predicted molar refractivity (Wildman–Crippen MR) is 163 cm³/mol. The van der Waals surface area contributed by atoms with Gasteiger partial charge in [0, 0.05) is 50.3 Å². The molecule has 0 spiro atoms. The van der Waals surface area contributed by atoms with Gasteiger partial charge in [0.25, 0.3) is 0 Å². The van der Waals surface area contributed by atoms with E-state index < -0.39 is 0 Å². The highest BCUT2D eigenvalue weighted by molar-refractivity contribution is 8.93. The van der Waals surface area contributed by atoms with Crippen LogP contribution in [-0.2, 0) is 11.3 Å². The first kappa shape index (κ1) is 34.2. The fraction of sp³-hybridized carbons (Fsp3) is 0.600. The van der Waals surface area contributed by atoms with Crippen LogP contribution in [0.25, 0.3) is 0 Å². The smallest absolute Gasteiger partial charge is 0.368 e. The zero-order valence-corrected chi connectivity index (χ0v) is 27.0. The number of thioether (sulfide) groups is 1. The van der Waals surface area contributed by atoms with E-state index in [1.807, 2.05) is 37.4 Å². The zero-order chi connectivity index (χ0) is 24.6. The summed E-state index contributed by atoms with van der Waals surface area (Å²) in [6, 6.07) is 11.1. The Labute approximate surface area is 238 Å². The minimum absolute atomic E-state index is 0. The van der Waals surface area contributed by atoms with E-state index in [1.54, 1.807) is 18.9 Å². The number of likely N-dealkylation sites (N-methyl/N-ethyl adjacent to an activating group) is 1. The van der Waals surface area contributed by atoms with Crippen LogP contribution in [0, 0.1) is 0 Å². The molecule has 1 unspecified atom stereocenters. The molecule has 1 aromatic carbocycles. The molecule has 0 fully saturated rings. The Morgan fingerprint density at radius 3 is 2.09 bits per heavy atom. The van der Waals surface area contributed by atoms with Crippen molar-refractivity contribution in [1.82, 2.24) is 24.4 Å². The number of rotatable bonds is 13. The maximum absolute atomic E-state index is 5.98. The second kappa shape index (κ2) is 16.2. The topological polar surface area (TPSA) is 53.5 Å². The summed E-state index contributed by atoms with van der Waals surface area (Å²) in [5.74, 6) is 1.51. The lowest BCUT2D eigenvalue weighted by atomic mass is 10.2. The molecule has 7 nitrogen and oxygen atoms in total. The lowest BCUT2D eigenvalue weighted by Gasteiger charge is -2.31. The number of anilines is 1. The number of aromatic nitrogens is 2. The van der Waals surface area contributed by atoms with Gasteiger partial charge in [-0.05, 0) is 48.0 Å². The van der Waals surface area contributed by atoms with Crippen molar-refractivity contribution in [3.05, 3.63) is 36.0 Å². The zero-order valence-electron chi connectivity index (χ0n) is 22.7. The summed E-state index contributed by atoms with van der Waals surface area (Å²) in [6.45, 7) is 11.7. The summed E-state index contributed by atoms with van der Waals surface area (Å²) in [7, 11) is 7.87. The van der Waals surface area contributed by atoms with E-state index >= 15 is 0 Å². The molecule has 1 heterocycles. The number of nitrogens with zero attached hydrogens (tertiary/aromatic N) is 5. The van der Waals surface area contributed by atoms with Crippen LogP contribution in [-0.4, -0.2) is 86.0 Å². The third-order valence-electron chi connectivity index (χ3n) is 5.91. The molecular formula is C25H45Br2N6OS+. The van der Waals surface area contributed by atoms with Crippen LogP contribution in [0.4, 0.5) is 17.5 Å². The van der Waals surface area contributed by atoms with Gasteiger partial charge in [0.15, 0.2) is 5.69 Å². The van der Waals surface area contributed by atoms with Gasteiger partial charge in [-0.3, -0.25) is 4.90 Å². The van der Waals surface area contributed by atoms with E-state index in [-0.39, 0.29) is 38.6 Å². The molecule has 0 radical (unpaired) electrons. The van der Waals surface area contributed by atoms with Gasteiger partial charge < -0.3 is 10.2 Å². The average Bonchev–Trinajstić information content (AvgIpc) is 2.79. The third-order valence-corrected chi connectivity index (χ3v) is 6.75. The monoisotopic (exact) mass is 635 g/mol. The quantitative estimate of drug-likeness (QED) is 0.169. The SMILES string of the molecule is Br.Br.CO[N+](C)(c1ccccc1)c1nc(CCN(C)C)c(SC)c(NCCN(C(C)C)C(C)C)n1. The van der Waals surface area contributed by atoms with Gasteiger partial charge >= 0.3 is 5.95 Å². The molecule has 2 aromatic rings. The van der Waals surface area contributed by atoms with Gasteiger partial charge in [-0.25, -0.2) is 0 Å². The number of para-hydroxylation sites is 1. The van der Waals surface area contributed by atoms with Crippen LogP contribution in [0.2, 0.25) is 0 Å². The summed E-state index contributed by atoms with van der Waals surface area (Å²) in [5.41, 5.74) is 2.03. The first-order chi connectivity index (χ1) is 15.6. The minimum Gasteiger partial charge on any atom is -0.368 e. The van der Waals surface area contributed by atoms with Crippen LogP contribution in [0.5, 0.6) is 0 Å². The molecule has 0 aliphatic carbocycles. The normalized spacial score (nSPS) is 13.1. The van der Waals surface area contributed by atoms with Gasteiger partial charge in [0.1, 0.15) is 12.9 Å². The molecule has 1 N–H and O–H groups in total. The summed E-state index contributed by atoms with van der Waals surface area (Å²) in [5, 5.41) is 3.63. The van der Waals surface area contributed by atoms with Crippen molar-refractivity contribution in [3.63, 3.8) is 0 Å². The molecule has 10 heteroatoms. The maximum Gasteiger partial charge on any atom is 0.369 e. The van der Waals surface area contributed by atoms with Gasteiger partial charge in [-0.2, -0.15) is 14.8 Å². The molecule has 1 aromatic heterocycles. The van der Waals surface area contributed by atoms with Crippen LogP contribution < -0.4 is 9.96 Å². The lowest BCUT2D eigenvalue weighted by Crippen LogP contribution is -2.41. The third kappa shape index (κ3) is 9.25. The number of hydrogen-bond acceptors (Lipinski definition) is 7. The summed E-state index contributed by atoms with van der Waals surface area (Å²) < 4.78 is 0.0727. The van der Waals surface area contributed by atoms with Crippen molar-refractivity contribution in [2.24, 2.45) is 0 Å². The highest BCUT2D eigenvalue weighted by atomic mass is 79.9. The number of nitrogens with one attached hydrogen (secondary N) is 1. The Bertz CT molecular complexity index is 865. The number of hydroxylamine groups is 1. The van der Waals surface area contributed by atoms with Crippen molar-refractivity contribution in [2.75, 3.05) is 59.5 Å². The molecule has 2 rings (SSSR count). The first-order valence-electron chi connectivity index (χ1n) is 11.7. The summed E-state index contributed by atoms with van der Waals surface area (Å²) in [4.78, 5) is 21.8. The van der Waals surface area contributed by atoms with Gasteiger partial charge in [-0.15, -0.1) is 45.7 Å². The van der Waals surface area contributed by atoms with Crippen LogP contribution in [0.3, 0.4) is 0 Å². The molecule has 0 amide bonds. The Morgan fingerprint density at radius 1 is 1.00 bits per heavy atom. The van der Waals surface area contributed by atoms with Crippen molar-refractivity contribution in [1.29, 1.82) is 0 Å². The van der Waals surface area contributed by atoms with Crippen LogP contribution in [0.1, 0.15) is 33.4 Å². The molecule has 200 valence electrons. The first-order valence-corrected chi connectivity index (χ1v) is 12.9. The number of benzene rings is 1. The van der Waals surface area contributed by atoms with E-state index in [0.29, 0.717) is 18.0 Å². The lowest BCUT2D eigenvalue weighted by molar-refractivity contribution is -0.0546. The largest absolute Gasteiger partial charge is 0.369 e. The second-order valence-electron chi connectivity index (χ2n) is 9.20. The summed E-state index contributed by atoms with van der Waals surface area (Å²) >= 11 is 1.70. The minimum atomic E-state index is 0. The fourth-order valence-corrected chi connectivity index (χ4v) is 4.63. The van der Waals surface area contributed by atoms with E-state index in [4.69, 9.17) is 14.8 Å². The Balaban J connectivity index is 0.00000578. The predicted octanol–water partition coefficient (Wildman–Crippen LogP) is 5.82. The summed E-state index contributed by atoms with van der Waals surface area (Å²) in [6.07, 6.45) is 2.94. The molecule has 0 aliphatic heterocycles. The molecule has 35 heavy (non-hydrogen) atoms. The Morgan fingerprint density at radius 2 is 1.60 bits per heavy atom. The maximum atomic E-state index is 5.98. The molecular weight excluding hydrogens is 592 g/mol. The van der Waals surface area contributed by atoms with Crippen molar-refractivity contribution in [3.8, 4) is 0 Å². The second-order valence-corrected chi connectivity index (χ2v) is 10.0. The van der Waals surface area contributed by atoms with Crippen molar-refractivity contribution in [2.45, 2.75) is 51.1 Å². The molecule has 0 bridgehead atoms. The molecule has 0 saturated heterocycles. The fourth-order valence-electron chi connectivity index (χ4n) is 3.94. The van der Waals surface area contributed by atoms with Crippen molar-refractivity contribution < 1.29 is 4.84 Å². The highest BCUT2D eigenvalue weighted by Gasteiger charge is 2.35. The van der Waals surface area contributed by atoms with Gasteiger partial charge in [0.2, 0.25) is 0 Å². The average molecular weight is 638 g/mol. The molecule has 0 saturated carbocycles. The van der Waals surface area contributed by atoms with Crippen LogP contribution in [0.15, 0.2) is 35.2 Å². The molecule has 1 atom stereocenters. The number of hydrogen-bond donors (Lipinski definition) is 1. The van der Waals surface area contributed by atoms with E-state index in [1.165, 1.54) is 0 Å². The van der Waals surface area contributed by atoms with Gasteiger partial charge in [-0.1, -0.05) is 22.8 Å². The van der Waals surface area contributed by atoms with Gasteiger partial charge in [0.05, 0.1) is 17.7 Å². The van der Waals surface area contributed by atoms with E-state index in [2.05, 4.69) is 63.2 Å². The highest BCUT2D eigenvalue weighted by Crippen LogP contribution is 2.35. The Kier molecular flexibility index (Phi) is 15.8. The Hall–Kier alpha value is -0.750. The van der Waals surface area contributed by atoms with E-state index in [0.717, 1.165) is 48.1 Å². The standard InChI is InChI=1S/C25H43N6OS.2BrH/c1-19(2)30(20(3)4)18-16-26-24-23(33-9)22(15-17-29(5)6)27-25(28-24)31(7,32-8)21-13-11-10-12-14-21;;/h10-14,19-20H,15-18H2,1-9H3,(H,26,27,28);2*1H/q+1;;. The number of quaternary nitrogens is 1. The van der Waals surface area contributed by atoms with Crippen LogP contribution >= 0.6 is 45.7 Å².